The molecule has 2 heterocycles. The van der Waals surface area contributed by atoms with Gasteiger partial charge in [0.15, 0.2) is 5.13 Å². The molecule has 0 aliphatic carbocycles. The fourth-order valence-electron chi connectivity index (χ4n) is 2.85. The summed E-state index contributed by atoms with van der Waals surface area (Å²) in [7, 11) is 3.09. The quantitative estimate of drug-likeness (QED) is 0.533. The van der Waals surface area contributed by atoms with Crippen LogP contribution in [-0.4, -0.2) is 30.1 Å². The van der Waals surface area contributed by atoms with Crippen molar-refractivity contribution in [2.75, 3.05) is 19.5 Å². The molecule has 0 aliphatic heterocycles. The summed E-state index contributed by atoms with van der Waals surface area (Å²) >= 11 is 1.38. The fourth-order valence-corrected chi connectivity index (χ4v) is 3.55. The third-order valence-corrected chi connectivity index (χ3v) is 4.96. The predicted molar refractivity (Wildman–Crippen MR) is 107 cm³/mol. The van der Waals surface area contributed by atoms with Crippen molar-refractivity contribution in [3.63, 3.8) is 0 Å². The number of thiazole rings is 1. The zero-order valence-corrected chi connectivity index (χ0v) is 15.6. The van der Waals surface area contributed by atoms with Crippen LogP contribution in [0.2, 0.25) is 0 Å². The van der Waals surface area contributed by atoms with Crippen molar-refractivity contribution < 1.29 is 14.3 Å². The summed E-state index contributed by atoms with van der Waals surface area (Å²) in [6.07, 6.45) is 1.93. The Labute approximate surface area is 159 Å². The highest BCUT2D eigenvalue weighted by molar-refractivity contribution is 7.14. The van der Waals surface area contributed by atoms with Crippen LogP contribution in [0.1, 0.15) is 10.4 Å². The van der Waals surface area contributed by atoms with Gasteiger partial charge in [-0.25, -0.2) is 4.98 Å². The van der Waals surface area contributed by atoms with Gasteiger partial charge in [0, 0.05) is 39.7 Å². The van der Waals surface area contributed by atoms with Crippen LogP contribution in [0.3, 0.4) is 0 Å². The molecule has 2 aromatic carbocycles. The van der Waals surface area contributed by atoms with E-state index < -0.39 is 0 Å². The second kappa shape index (κ2) is 7.13. The molecule has 0 aliphatic rings. The van der Waals surface area contributed by atoms with Crippen LogP contribution in [0.5, 0.6) is 11.5 Å². The van der Waals surface area contributed by atoms with Crippen LogP contribution in [0, 0.1) is 0 Å². The highest BCUT2D eigenvalue weighted by atomic mass is 32.1. The lowest BCUT2D eigenvalue weighted by molar-refractivity contribution is 0.102. The maximum absolute atomic E-state index is 12.6. The number of H-pyrrole nitrogens is 1. The van der Waals surface area contributed by atoms with E-state index in [1.165, 1.54) is 11.3 Å². The average molecular weight is 379 g/mol. The van der Waals surface area contributed by atoms with Crippen LogP contribution < -0.4 is 14.8 Å². The van der Waals surface area contributed by atoms with Crippen LogP contribution in [0.15, 0.2) is 54.0 Å². The van der Waals surface area contributed by atoms with E-state index in [2.05, 4.69) is 15.3 Å². The van der Waals surface area contributed by atoms with Crippen molar-refractivity contribution in [1.82, 2.24) is 9.97 Å². The number of hydrogen-bond acceptors (Lipinski definition) is 5. The first-order valence-corrected chi connectivity index (χ1v) is 9.12. The van der Waals surface area contributed by atoms with Crippen LogP contribution in [-0.2, 0) is 0 Å². The van der Waals surface area contributed by atoms with E-state index in [0.29, 0.717) is 22.2 Å². The van der Waals surface area contributed by atoms with Crippen molar-refractivity contribution in [3.05, 3.63) is 59.6 Å². The molecule has 0 spiro atoms. The number of hydrogen-bond donors (Lipinski definition) is 2. The van der Waals surface area contributed by atoms with Crippen molar-refractivity contribution in [2.24, 2.45) is 0 Å². The summed E-state index contributed by atoms with van der Waals surface area (Å²) in [4.78, 5) is 20.4. The molecule has 0 fully saturated rings. The Morgan fingerprint density at radius 3 is 2.59 bits per heavy atom. The molecule has 0 saturated heterocycles. The SMILES string of the molecule is COc1cc(OC)cc(C(=O)Nc2nc(-c3c[nH]c4ccccc34)cs2)c1. The molecule has 0 atom stereocenters. The van der Waals surface area contributed by atoms with Crippen molar-refractivity contribution >= 4 is 33.3 Å². The van der Waals surface area contributed by atoms with Gasteiger partial charge in [0.1, 0.15) is 11.5 Å². The smallest absolute Gasteiger partial charge is 0.257 e. The maximum Gasteiger partial charge on any atom is 0.257 e. The maximum atomic E-state index is 12.6. The molecule has 0 bridgehead atoms. The lowest BCUT2D eigenvalue weighted by atomic mass is 10.1. The number of methoxy groups -OCH3 is 2. The van der Waals surface area contributed by atoms with E-state index in [4.69, 9.17) is 9.47 Å². The minimum atomic E-state index is -0.271. The largest absolute Gasteiger partial charge is 0.497 e. The molecule has 6 nitrogen and oxygen atoms in total. The second-order valence-electron chi connectivity index (χ2n) is 5.84. The number of fused-ring (bicyclic) bond motifs is 1. The molecule has 2 N–H and O–H groups in total. The van der Waals surface area contributed by atoms with E-state index in [9.17, 15) is 4.79 Å². The number of nitrogens with zero attached hydrogens (tertiary/aromatic N) is 1. The fraction of sp³-hybridized carbons (Fsp3) is 0.100. The number of amides is 1. The summed E-state index contributed by atoms with van der Waals surface area (Å²) in [6, 6.07) is 13.1. The summed E-state index contributed by atoms with van der Waals surface area (Å²) in [5.41, 5.74) is 3.31. The number of carbonyl (C=O) groups is 1. The van der Waals surface area contributed by atoms with E-state index in [-0.39, 0.29) is 5.91 Å². The van der Waals surface area contributed by atoms with Crippen molar-refractivity contribution in [1.29, 1.82) is 0 Å². The Balaban J connectivity index is 1.58. The van der Waals surface area contributed by atoms with Gasteiger partial charge in [0.2, 0.25) is 0 Å². The highest BCUT2D eigenvalue weighted by Gasteiger charge is 2.14. The average Bonchev–Trinajstić information content (AvgIpc) is 3.34. The molecular weight excluding hydrogens is 362 g/mol. The number of aromatic nitrogens is 2. The minimum Gasteiger partial charge on any atom is -0.497 e. The molecule has 7 heteroatoms. The lowest BCUT2D eigenvalue weighted by Gasteiger charge is -2.08. The number of nitrogens with one attached hydrogen (secondary N) is 2. The standard InChI is InChI=1S/C20H17N3O3S/c1-25-13-7-12(8-14(9-13)26-2)19(24)23-20-22-18(11-27-20)16-10-21-17-6-4-3-5-15(16)17/h3-11,21H,1-2H3,(H,22,23,24). The summed E-state index contributed by atoms with van der Waals surface area (Å²) in [5.74, 6) is 0.836. The van der Waals surface area contributed by atoms with Gasteiger partial charge >= 0.3 is 0 Å². The van der Waals surface area contributed by atoms with Gasteiger partial charge in [0.25, 0.3) is 5.91 Å². The first-order valence-electron chi connectivity index (χ1n) is 8.24. The Morgan fingerprint density at radius 1 is 1.11 bits per heavy atom. The van der Waals surface area contributed by atoms with E-state index in [1.54, 1.807) is 32.4 Å². The topological polar surface area (TPSA) is 76.2 Å². The zero-order valence-electron chi connectivity index (χ0n) is 14.8. The summed E-state index contributed by atoms with van der Waals surface area (Å²) < 4.78 is 10.4. The van der Waals surface area contributed by atoms with E-state index >= 15 is 0 Å². The molecule has 4 rings (SSSR count). The van der Waals surface area contributed by atoms with Crippen LogP contribution in [0.4, 0.5) is 5.13 Å². The van der Waals surface area contributed by atoms with Gasteiger partial charge in [-0.1, -0.05) is 18.2 Å². The number of rotatable bonds is 5. The summed E-state index contributed by atoms with van der Waals surface area (Å²) in [6.45, 7) is 0. The van der Waals surface area contributed by atoms with Crippen molar-refractivity contribution in [3.8, 4) is 22.8 Å². The number of aromatic amines is 1. The van der Waals surface area contributed by atoms with Gasteiger partial charge in [-0.2, -0.15) is 0 Å². The van der Waals surface area contributed by atoms with Crippen LogP contribution >= 0.6 is 11.3 Å². The molecular formula is C20H17N3O3S. The van der Waals surface area contributed by atoms with E-state index in [1.807, 2.05) is 35.8 Å². The van der Waals surface area contributed by atoms with Crippen molar-refractivity contribution in [2.45, 2.75) is 0 Å². The Hall–Kier alpha value is -3.32. The molecule has 27 heavy (non-hydrogen) atoms. The van der Waals surface area contributed by atoms with Crippen LogP contribution in [0.25, 0.3) is 22.2 Å². The van der Waals surface area contributed by atoms with Gasteiger partial charge in [-0.3, -0.25) is 10.1 Å². The molecule has 2 aromatic heterocycles. The minimum absolute atomic E-state index is 0.271. The van der Waals surface area contributed by atoms with Gasteiger partial charge < -0.3 is 14.5 Å². The van der Waals surface area contributed by atoms with Gasteiger partial charge in [0.05, 0.1) is 19.9 Å². The molecule has 0 radical (unpaired) electrons. The number of anilines is 1. The second-order valence-corrected chi connectivity index (χ2v) is 6.70. The third-order valence-electron chi connectivity index (χ3n) is 4.20. The van der Waals surface area contributed by atoms with Gasteiger partial charge in [-0.15, -0.1) is 11.3 Å². The molecule has 1 amide bonds. The van der Waals surface area contributed by atoms with E-state index in [0.717, 1.165) is 22.2 Å². The third kappa shape index (κ3) is 3.37. The normalized spacial score (nSPS) is 10.7. The number of carbonyl (C=O) groups excluding carboxylic acids is 1. The monoisotopic (exact) mass is 379 g/mol. The molecule has 0 saturated carbocycles. The number of ether oxygens (including phenoxy) is 2. The zero-order chi connectivity index (χ0) is 18.8. The highest BCUT2D eigenvalue weighted by Crippen LogP contribution is 2.31. The first kappa shape index (κ1) is 17.1. The first-order chi connectivity index (χ1) is 13.2. The van der Waals surface area contributed by atoms with Gasteiger partial charge in [-0.05, 0) is 18.2 Å². The Kier molecular flexibility index (Phi) is 4.52. The Morgan fingerprint density at radius 2 is 1.85 bits per heavy atom. The molecule has 0 unspecified atom stereocenters. The lowest BCUT2D eigenvalue weighted by Crippen LogP contribution is -2.12. The molecule has 4 aromatic rings. The Bertz CT molecular complexity index is 1090. The predicted octanol–water partition coefficient (Wildman–Crippen LogP) is 4.56. The number of para-hydroxylation sites is 1. The molecule has 136 valence electrons. The summed E-state index contributed by atoms with van der Waals surface area (Å²) in [5, 5.41) is 6.39. The number of benzene rings is 2.